The summed E-state index contributed by atoms with van der Waals surface area (Å²) in [5.41, 5.74) is 5.42. The molecule has 140 valence electrons. The fraction of sp³-hybridized carbons (Fsp3) is 0.130. The van der Waals surface area contributed by atoms with Crippen molar-refractivity contribution in [3.63, 3.8) is 0 Å². The molecule has 5 nitrogen and oxygen atoms in total. The molecule has 4 rings (SSSR count). The van der Waals surface area contributed by atoms with E-state index in [2.05, 4.69) is 10.3 Å². The van der Waals surface area contributed by atoms with Gasteiger partial charge >= 0.3 is 0 Å². The van der Waals surface area contributed by atoms with Crippen molar-refractivity contribution in [3.8, 4) is 16.9 Å². The van der Waals surface area contributed by atoms with Gasteiger partial charge in [-0.1, -0.05) is 36.4 Å². The van der Waals surface area contributed by atoms with Gasteiger partial charge in [-0.2, -0.15) is 0 Å². The summed E-state index contributed by atoms with van der Waals surface area (Å²) in [7, 11) is 1.65. The normalized spacial score (nSPS) is 10.8. The number of amides is 1. The molecule has 0 aliphatic rings. The van der Waals surface area contributed by atoms with Crippen molar-refractivity contribution in [1.82, 2.24) is 14.7 Å². The first-order valence-electron chi connectivity index (χ1n) is 9.11. The second-order valence-electron chi connectivity index (χ2n) is 6.59. The Hall–Kier alpha value is -3.60. The van der Waals surface area contributed by atoms with Crippen molar-refractivity contribution in [2.24, 2.45) is 0 Å². The minimum atomic E-state index is -0.125. The maximum absolute atomic E-state index is 12.5. The van der Waals surface area contributed by atoms with E-state index in [0.717, 1.165) is 33.9 Å². The zero-order chi connectivity index (χ0) is 19.5. The third kappa shape index (κ3) is 3.47. The molecular weight excluding hydrogens is 350 g/mol. The highest BCUT2D eigenvalue weighted by atomic mass is 16.5. The monoisotopic (exact) mass is 371 g/mol. The summed E-state index contributed by atoms with van der Waals surface area (Å²) in [5, 5.41) is 2.94. The standard InChI is InChI=1S/C23H21N3O2/c1-16-6-5-9-22-25-19(15-26(16)22)14-24-23(27)18-12-10-17(11-13-18)20-7-3-4-8-21(20)28-2/h3-13,15H,14H2,1-2H3,(H,24,27). The molecule has 0 atom stereocenters. The number of aryl methyl sites for hydroxylation is 1. The van der Waals surface area contributed by atoms with Crippen molar-refractivity contribution in [3.05, 3.63) is 89.9 Å². The Morgan fingerprint density at radius 3 is 2.57 bits per heavy atom. The van der Waals surface area contributed by atoms with Gasteiger partial charge in [0.25, 0.3) is 5.91 Å². The largest absolute Gasteiger partial charge is 0.496 e. The van der Waals surface area contributed by atoms with Gasteiger partial charge in [0, 0.05) is 23.0 Å². The van der Waals surface area contributed by atoms with E-state index in [1.54, 1.807) is 7.11 Å². The number of rotatable bonds is 5. The second kappa shape index (κ2) is 7.56. The van der Waals surface area contributed by atoms with Gasteiger partial charge in [-0.05, 0) is 42.8 Å². The third-order valence-corrected chi connectivity index (χ3v) is 4.74. The van der Waals surface area contributed by atoms with Crippen LogP contribution in [0.2, 0.25) is 0 Å². The number of fused-ring (bicyclic) bond motifs is 1. The predicted molar refractivity (Wildman–Crippen MR) is 110 cm³/mol. The topological polar surface area (TPSA) is 55.6 Å². The van der Waals surface area contributed by atoms with Crippen LogP contribution in [0.1, 0.15) is 21.7 Å². The fourth-order valence-electron chi connectivity index (χ4n) is 3.24. The number of nitrogens with zero attached hydrogens (tertiary/aromatic N) is 2. The molecular formula is C23H21N3O2. The number of imidazole rings is 1. The van der Waals surface area contributed by atoms with Crippen molar-refractivity contribution in [2.75, 3.05) is 7.11 Å². The molecule has 0 saturated heterocycles. The average Bonchev–Trinajstić information content (AvgIpc) is 3.17. The minimum Gasteiger partial charge on any atom is -0.496 e. The number of nitrogens with one attached hydrogen (secondary N) is 1. The molecule has 0 bridgehead atoms. The summed E-state index contributed by atoms with van der Waals surface area (Å²) in [6, 6.07) is 21.3. The lowest BCUT2D eigenvalue weighted by atomic mass is 10.0. The highest BCUT2D eigenvalue weighted by molar-refractivity contribution is 5.94. The zero-order valence-corrected chi connectivity index (χ0v) is 15.8. The van der Waals surface area contributed by atoms with Gasteiger partial charge in [-0.15, -0.1) is 0 Å². The predicted octanol–water partition coefficient (Wildman–Crippen LogP) is 4.25. The Kier molecular flexibility index (Phi) is 4.81. The maximum Gasteiger partial charge on any atom is 0.251 e. The van der Waals surface area contributed by atoms with Crippen LogP contribution in [0.5, 0.6) is 5.75 Å². The van der Waals surface area contributed by atoms with Crippen LogP contribution in [0, 0.1) is 6.92 Å². The Labute approximate surface area is 163 Å². The Morgan fingerprint density at radius 1 is 1.04 bits per heavy atom. The fourth-order valence-corrected chi connectivity index (χ4v) is 3.24. The smallest absolute Gasteiger partial charge is 0.251 e. The highest BCUT2D eigenvalue weighted by Gasteiger charge is 2.10. The number of pyridine rings is 1. The number of hydrogen-bond donors (Lipinski definition) is 1. The number of para-hydroxylation sites is 1. The van der Waals surface area contributed by atoms with Gasteiger partial charge in [0.2, 0.25) is 0 Å². The molecule has 5 heteroatoms. The molecule has 2 aromatic carbocycles. The lowest BCUT2D eigenvalue weighted by Crippen LogP contribution is -2.22. The number of methoxy groups -OCH3 is 1. The second-order valence-corrected chi connectivity index (χ2v) is 6.59. The zero-order valence-electron chi connectivity index (χ0n) is 15.8. The van der Waals surface area contributed by atoms with E-state index < -0.39 is 0 Å². The highest BCUT2D eigenvalue weighted by Crippen LogP contribution is 2.29. The Morgan fingerprint density at radius 2 is 1.82 bits per heavy atom. The summed E-state index contributed by atoms with van der Waals surface area (Å²) in [6.45, 7) is 2.41. The van der Waals surface area contributed by atoms with Crippen LogP contribution in [0.4, 0.5) is 0 Å². The van der Waals surface area contributed by atoms with E-state index in [1.807, 2.05) is 84.3 Å². The minimum absolute atomic E-state index is 0.125. The van der Waals surface area contributed by atoms with Crippen LogP contribution in [0.25, 0.3) is 16.8 Å². The van der Waals surface area contributed by atoms with Crippen molar-refractivity contribution >= 4 is 11.6 Å². The van der Waals surface area contributed by atoms with Gasteiger partial charge in [0.05, 0.1) is 19.3 Å². The summed E-state index contributed by atoms with van der Waals surface area (Å²) >= 11 is 0. The molecule has 28 heavy (non-hydrogen) atoms. The van der Waals surface area contributed by atoms with Crippen LogP contribution in [0.15, 0.2) is 72.9 Å². The Bertz CT molecular complexity index is 1130. The van der Waals surface area contributed by atoms with Gasteiger partial charge in [0.15, 0.2) is 0 Å². The number of benzene rings is 2. The first kappa shape index (κ1) is 17.8. The summed E-state index contributed by atoms with van der Waals surface area (Å²) in [5.74, 6) is 0.683. The summed E-state index contributed by atoms with van der Waals surface area (Å²) in [6.07, 6.45) is 1.95. The summed E-state index contributed by atoms with van der Waals surface area (Å²) in [4.78, 5) is 17.0. The van der Waals surface area contributed by atoms with Crippen molar-refractivity contribution in [2.45, 2.75) is 13.5 Å². The Balaban J connectivity index is 1.47. The van der Waals surface area contributed by atoms with Crippen LogP contribution < -0.4 is 10.1 Å². The third-order valence-electron chi connectivity index (χ3n) is 4.74. The van der Waals surface area contributed by atoms with Crippen LogP contribution in [-0.4, -0.2) is 22.4 Å². The average molecular weight is 371 g/mol. The molecule has 0 radical (unpaired) electrons. The molecule has 0 unspecified atom stereocenters. The van der Waals surface area contributed by atoms with E-state index in [-0.39, 0.29) is 5.91 Å². The molecule has 0 fully saturated rings. The quantitative estimate of drug-likeness (QED) is 0.571. The number of carbonyl (C=O) groups is 1. The first-order valence-corrected chi connectivity index (χ1v) is 9.11. The van der Waals surface area contributed by atoms with E-state index in [9.17, 15) is 4.79 Å². The van der Waals surface area contributed by atoms with E-state index in [1.165, 1.54) is 0 Å². The van der Waals surface area contributed by atoms with Gasteiger partial charge in [-0.3, -0.25) is 4.79 Å². The van der Waals surface area contributed by atoms with Crippen LogP contribution >= 0.6 is 0 Å². The number of aromatic nitrogens is 2. The molecule has 1 amide bonds. The lowest BCUT2D eigenvalue weighted by Gasteiger charge is -2.09. The summed E-state index contributed by atoms with van der Waals surface area (Å²) < 4.78 is 7.43. The van der Waals surface area contributed by atoms with Gasteiger partial charge in [-0.25, -0.2) is 4.98 Å². The van der Waals surface area contributed by atoms with Crippen molar-refractivity contribution < 1.29 is 9.53 Å². The SMILES string of the molecule is COc1ccccc1-c1ccc(C(=O)NCc2cn3c(C)cccc3n2)cc1. The molecule has 4 aromatic rings. The molecule has 0 aliphatic heterocycles. The molecule has 2 heterocycles. The molecule has 0 saturated carbocycles. The molecule has 0 spiro atoms. The number of ether oxygens (including phenoxy) is 1. The van der Waals surface area contributed by atoms with Crippen LogP contribution in [-0.2, 0) is 6.54 Å². The van der Waals surface area contributed by atoms with E-state index in [4.69, 9.17) is 4.74 Å². The molecule has 2 aromatic heterocycles. The van der Waals surface area contributed by atoms with E-state index >= 15 is 0 Å². The van der Waals surface area contributed by atoms with E-state index in [0.29, 0.717) is 12.1 Å². The lowest BCUT2D eigenvalue weighted by molar-refractivity contribution is 0.0950. The van der Waals surface area contributed by atoms with Gasteiger partial charge < -0.3 is 14.5 Å². The number of carbonyl (C=O) groups excluding carboxylic acids is 1. The maximum atomic E-state index is 12.5. The van der Waals surface area contributed by atoms with Gasteiger partial charge in [0.1, 0.15) is 11.4 Å². The first-order chi connectivity index (χ1) is 13.7. The molecule has 1 N–H and O–H groups in total. The number of hydrogen-bond acceptors (Lipinski definition) is 3. The van der Waals surface area contributed by atoms with Crippen LogP contribution in [0.3, 0.4) is 0 Å². The molecule has 0 aliphatic carbocycles. The van der Waals surface area contributed by atoms with Crippen molar-refractivity contribution in [1.29, 1.82) is 0 Å².